The largest absolute Gasteiger partial charge is 0.383 e. The first-order chi connectivity index (χ1) is 14.6. The van der Waals surface area contributed by atoms with E-state index >= 15 is 0 Å². The van der Waals surface area contributed by atoms with Crippen molar-refractivity contribution >= 4 is 70.0 Å². The predicted molar refractivity (Wildman–Crippen MR) is 144 cm³/mol. The van der Waals surface area contributed by atoms with Crippen LogP contribution in [0.3, 0.4) is 0 Å². The molecule has 0 aliphatic rings. The lowest BCUT2D eigenvalue weighted by molar-refractivity contribution is 1.19. The number of hydrogen-bond donors (Lipinski definition) is 2. The Labute approximate surface area is 217 Å². The number of fused-ring (bicyclic) bond motifs is 1. The van der Waals surface area contributed by atoms with E-state index in [4.69, 9.17) is 10.7 Å². The topological polar surface area (TPSA) is 93.4 Å². The van der Waals surface area contributed by atoms with Crippen molar-refractivity contribution in [3.8, 4) is 33.8 Å². The molecule has 0 amide bonds. The molecule has 0 bridgehead atoms. The second-order valence-corrected chi connectivity index (χ2v) is 7.91. The fourth-order valence-corrected chi connectivity index (χ4v) is 3.88. The van der Waals surface area contributed by atoms with Crippen LogP contribution in [0.15, 0.2) is 71.6 Å². The molecule has 0 fully saturated rings. The van der Waals surface area contributed by atoms with Gasteiger partial charge in [0.15, 0.2) is 5.65 Å². The van der Waals surface area contributed by atoms with Gasteiger partial charge in [-0.25, -0.2) is 19.9 Å². The SMILES string of the molecule is Cc1c[nH]c(-c2ccc(-c3cc(-c4cccc(Br)c4)c4c(N)ncnc4n3)cc2)n1.Cl.Cl.Cl. The molecule has 5 aromatic rings. The van der Waals surface area contributed by atoms with Crippen LogP contribution in [0.25, 0.3) is 44.8 Å². The van der Waals surface area contributed by atoms with Crippen molar-refractivity contribution in [2.75, 3.05) is 5.73 Å². The number of imidazole rings is 1. The number of benzene rings is 2. The van der Waals surface area contributed by atoms with Crippen LogP contribution in [0, 0.1) is 6.92 Å². The van der Waals surface area contributed by atoms with Gasteiger partial charge >= 0.3 is 0 Å². The van der Waals surface area contributed by atoms with Gasteiger partial charge in [0.2, 0.25) is 0 Å². The zero-order valence-corrected chi connectivity index (χ0v) is 21.4. The van der Waals surface area contributed by atoms with E-state index in [1.54, 1.807) is 0 Å². The summed E-state index contributed by atoms with van der Waals surface area (Å²) >= 11 is 3.55. The molecule has 3 heterocycles. The van der Waals surface area contributed by atoms with Crippen LogP contribution in [0.5, 0.6) is 0 Å². The van der Waals surface area contributed by atoms with Crippen molar-refractivity contribution in [3.63, 3.8) is 0 Å². The molecule has 2 aromatic carbocycles. The summed E-state index contributed by atoms with van der Waals surface area (Å²) in [4.78, 5) is 21.0. The highest BCUT2D eigenvalue weighted by Gasteiger charge is 2.14. The number of nitrogens with two attached hydrogens (primary N) is 1. The monoisotopic (exact) mass is 564 g/mol. The van der Waals surface area contributed by atoms with Crippen molar-refractivity contribution in [1.29, 1.82) is 0 Å². The van der Waals surface area contributed by atoms with Crippen LogP contribution >= 0.6 is 53.2 Å². The summed E-state index contributed by atoms with van der Waals surface area (Å²) in [6, 6.07) is 18.3. The smallest absolute Gasteiger partial charge is 0.165 e. The standard InChI is InChI=1S/C23H17BrN6.3ClH/c1-13-11-26-22(29-13)15-7-5-14(6-8-15)19-10-18(16-3-2-4-17(24)9-16)20-21(25)27-12-28-23(20)30-19;;;/h2-12H,1H3,(H,26,29)(H2,25,27,28,30);3*1H. The summed E-state index contributed by atoms with van der Waals surface area (Å²) in [5.41, 5.74) is 12.5. The Balaban J connectivity index is 0.00000128. The van der Waals surface area contributed by atoms with Crippen LogP contribution in [0.1, 0.15) is 5.69 Å². The molecule has 3 aromatic heterocycles. The van der Waals surface area contributed by atoms with Gasteiger partial charge in [-0.3, -0.25) is 0 Å². The van der Waals surface area contributed by atoms with E-state index in [1.165, 1.54) is 6.33 Å². The number of nitrogens with zero attached hydrogens (tertiary/aromatic N) is 4. The number of hydrogen-bond acceptors (Lipinski definition) is 5. The van der Waals surface area contributed by atoms with E-state index in [2.05, 4.69) is 35.9 Å². The maximum Gasteiger partial charge on any atom is 0.165 e. The summed E-state index contributed by atoms with van der Waals surface area (Å²) in [7, 11) is 0. The first-order valence-electron chi connectivity index (χ1n) is 9.38. The normalized spacial score (nSPS) is 10.1. The van der Waals surface area contributed by atoms with E-state index in [1.807, 2.05) is 67.7 Å². The van der Waals surface area contributed by atoms with Crippen LogP contribution in [-0.4, -0.2) is 24.9 Å². The number of H-pyrrole nitrogens is 1. The highest BCUT2D eigenvalue weighted by atomic mass is 79.9. The summed E-state index contributed by atoms with van der Waals surface area (Å²) in [5, 5.41) is 0.752. The molecule has 33 heavy (non-hydrogen) atoms. The average Bonchev–Trinajstić information content (AvgIpc) is 3.19. The minimum absolute atomic E-state index is 0. The Morgan fingerprint density at radius 3 is 2.24 bits per heavy atom. The number of halogens is 4. The van der Waals surface area contributed by atoms with Crippen LogP contribution in [0.4, 0.5) is 5.82 Å². The molecule has 0 aliphatic heterocycles. The third-order valence-electron chi connectivity index (χ3n) is 4.93. The molecule has 0 spiro atoms. The first kappa shape index (κ1) is 26.5. The lowest BCUT2D eigenvalue weighted by Crippen LogP contribution is -1.98. The molecule has 0 saturated heterocycles. The van der Waals surface area contributed by atoms with E-state index in [9.17, 15) is 0 Å². The zero-order valence-electron chi connectivity index (χ0n) is 17.3. The number of aromatic nitrogens is 5. The fourth-order valence-electron chi connectivity index (χ4n) is 3.48. The summed E-state index contributed by atoms with van der Waals surface area (Å²) in [6.07, 6.45) is 3.34. The Hall–Kier alpha value is -2.71. The van der Waals surface area contributed by atoms with E-state index in [0.717, 1.165) is 49.3 Å². The van der Waals surface area contributed by atoms with E-state index in [-0.39, 0.29) is 37.2 Å². The number of aromatic amines is 1. The molecule has 0 aliphatic carbocycles. The van der Waals surface area contributed by atoms with E-state index < -0.39 is 0 Å². The third-order valence-corrected chi connectivity index (χ3v) is 5.42. The van der Waals surface area contributed by atoms with Crippen LogP contribution in [0.2, 0.25) is 0 Å². The number of aryl methyl sites for hydroxylation is 1. The molecule has 0 unspecified atom stereocenters. The number of nitrogen functional groups attached to an aromatic ring is 1. The van der Waals surface area contributed by atoms with Gasteiger partial charge < -0.3 is 10.7 Å². The highest BCUT2D eigenvalue weighted by Crippen LogP contribution is 2.35. The molecule has 0 atom stereocenters. The van der Waals surface area contributed by atoms with Crippen molar-refractivity contribution < 1.29 is 0 Å². The Bertz CT molecular complexity index is 1390. The molecule has 3 N–H and O–H groups in total. The Kier molecular flexibility index (Phi) is 8.80. The molecular weight excluding hydrogens is 547 g/mol. The summed E-state index contributed by atoms with van der Waals surface area (Å²) in [6.45, 7) is 1.96. The Morgan fingerprint density at radius 2 is 1.58 bits per heavy atom. The average molecular weight is 567 g/mol. The number of rotatable bonds is 3. The Morgan fingerprint density at radius 1 is 0.848 bits per heavy atom. The molecule has 170 valence electrons. The molecule has 5 rings (SSSR count). The van der Waals surface area contributed by atoms with Crippen LogP contribution in [-0.2, 0) is 0 Å². The molecule has 0 radical (unpaired) electrons. The quantitative estimate of drug-likeness (QED) is 0.255. The summed E-state index contributed by atoms with van der Waals surface area (Å²) in [5.74, 6) is 1.26. The number of nitrogens with one attached hydrogen (secondary N) is 1. The van der Waals surface area contributed by atoms with Gasteiger partial charge in [0.05, 0.1) is 16.8 Å². The van der Waals surface area contributed by atoms with E-state index in [0.29, 0.717) is 11.5 Å². The second-order valence-electron chi connectivity index (χ2n) is 6.99. The molecule has 6 nitrogen and oxygen atoms in total. The lowest BCUT2D eigenvalue weighted by Gasteiger charge is -2.11. The van der Waals surface area contributed by atoms with Gasteiger partial charge in [0, 0.05) is 21.8 Å². The van der Waals surface area contributed by atoms with Gasteiger partial charge in [0.25, 0.3) is 0 Å². The van der Waals surface area contributed by atoms with Crippen molar-refractivity contribution in [1.82, 2.24) is 24.9 Å². The van der Waals surface area contributed by atoms with Gasteiger partial charge in [-0.1, -0.05) is 52.3 Å². The fraction of sp³-hybridized carbons (Fsp3) is 0.0435. The van der Waals surface area contributed by atoms with Gasteiger partial charge in [-0.2, -0.15) is 0 Å². The van der Waals surface area contributed by atoms with Crippen molar-refractivity contribution in [3.05, 3.63) is 77.3 Å². The van der Waals surface area contributed by atoms with Crippen LogP contribution < -0.4 is 5.73 Å². The third kappa shape index (κ3) is 5.28. The predicted octanol–water partition coefficient (Wildman–Crippen LogP) is 6.67. The summed E-state index contributed by atoms with van der Waals surface area (Å²) < 4.78 is 0.986. The number of anilines is 1. The second kappa shape index (κ2) is 10.9. The number of pyridine rings is 1. The maximum atomic E-state index is 6.19. The minimum atomic E-state index is 0. The molecule has 0 saturated carbocycles. The maximum absolute atomic E-state index is 6.19. The van der Waals surface area contributed by atoms with Gasteiger partial charge in [-0.15, -0.1) is 37.2 Å². The minimum Gasteiger partial charge on any atom is -0.383 e. The molecular formula is C23H20BrCl3N6. The van der Waals surface area contributed by atoms with Crippen molar-refractivity contribution in [2.24, 2.45) is 0 Å². The lowest BCUT2D eigenvalue weighted by atomic mass is 9.99. The van der Waals surface area contributed by atoms with Gasteiger partial charge in [-0.05, 0) is 36.2 Å². The van der Waals surface area contributed by atoms with Gasteiger partial charge in [0.1, 0.15) is 18.0 Å². The highest BCUT2D eigenvalue weighted by molar-refractivity contribution is 9.10. The van der Waals surface area contributed by atoms with Crippen molar-refractivity contribution in [2.45, 2.75) is 6.92 Å². The molecule has 10 heteroatoms. The first-order valence-corrected chi connectivity index (χ1v) is 10.2. The zero-order chi connectivity index (χ0) is 20.7.